The van der Waals surface area contributed by atoms with Crippen molar-refractivity contribution in [1.82, 2.24) is 4.90 Å². The Hall–Kier alpha value is -0.710. The van der Waals surface area contributed by atoms with E-state index in [0.29, 0.717) is 13.0 Å². The van der Waals surface area contributed by atoms with Gasteiger partial charge in [0.15, 0.2) is 0 Å². The highest BCUT2D eigenvalue weighted by atomic mass is 35.5. The van der Waals surface area contributed by atoms with Crippen LogP contribution in [0.5, 0.6) is 0 Å². The van der Waals surface area contributed by atoms with Crippen molar-refractivity contribution in [3.05, 3.63) is 29.3 Å². The molecule has 1 aromatic rings. The normalized spacial score (nSPS) is 18.0. The lowest BCUT2D eigenvalue weighted by atomic mass is 10.0. The average Bonchev–Trinajstić information content (AvgIpc) is 2.50. The quantitative estimate of drug-likeness (QED) is 0.832. The lowest BCUT2D eigenvalue weighted by molar-refractivity contribution is -0.134. The van der Waals surface area contributed by atoms with Crippen molar-refractivity contribution in [1.29, 1.82) is 0 Å². The number of nitrogens with two attached hydrogens (primary N) is 1. The molecule has 1 aromatic carbocycles. The topological polar surface area (TPSA) is 46.3 Å². The second-order valence-corrected chi connectivity index (χ2v) is 6.99. The first-order valence-corrected chi connectivity index (χ1v) is 8.80. The number of hydrogen-bond donors (Lipinski definition) is 1. The van der Waals surface area contributed by atoms with E-state index in [2.05, 4.69) is 32.0 Å². The molecule has 2 N–H and O–H groups in total. The van der Waals surface area contributed by atoms with E-state index in [1.165, 1.54) is 22.4 Å². The summed E-state index contributed by atoms with van der Waals surface area (Å²) in [6.07, 6.45) is 3.98. The predicted molar refractivity (Wildman–Crippen MR) is 96.9 cm³/mol. The predicted octanol–water partition coefficient (Wildman–Crippen LogP) is 3.55. The average molecular weight is 343 g/mol. The highest BCUT2D eigenvalue weighted by molar-refractivity contribution is 7.99. The van der Waals surface area contributed by atoms with Gasteiger partial charge in [0.1, 0.15) is 0 Å². The van der Waals surface area contributed by atoms with E-state index < -0.39 is 0 Å². The summed E-state index contributed by atoms with van der Waals surface area (Å²) in [5.41, 5.74) is 8.41. The van der Waals surface area contributed by atoms with Gasteiger partial charge in [0, 0.05) is 36.2 Å². The minimum Gasteiger partial charge on any atom is -0.338 e. The molecule has 1 heterocycles. The van der Waals surface area contributed by atoms with E-state index in [-0.39, 0.29) is 24.4 Å². The molecular weight excluding hydrogens is 316 g/mol. The monoisotopic (exact) mass is 342 g/mol. The van der Waals surface area contributed by atoms with Crippen molar-refractivity contribution in [2.24, 2.45) is 5.73 Å². The summed E-state index contributed by atoms with van der Waals surface area (Å²) in [6.45, 7) is 5.73. The molecule has 2 rings (SSSR count). The number of rotatable bonds is 5. The van der Waals surface area contributed by atoms with Crippen LogP contribution in [0.15, 0.2) is 23.1 Å². The molecule has 3 nitrogen and oxygen atoms in total. The Kier molecular flexibility index (Phi) is 8.29. The van der Waals surface area contributed by atoms with Gasteiger partial charge in [-0.05, 0) is 56.4 Å². The molecule has 1 unspecified atom stereocenters. The van der Waals surface area contributed by atoms with Gasteiger partial charge in [-0.3, -0.25) is 4.79 Å². The van der Waals surface area contributed by atoms with E-state index in [0.717, 1.165) is 25.1 Å². The number of likely N-dealkylation sites (tertiary alicyclic amines) is 1. The molecule has 5 heteroatoms. The number of nitrogens with zero attached hydrogens (tertiary/aromatic N) is 1. The molecule has 1 aliphatic rings. The lowest BCUT2D eigenvalue weighted by Gasteiger charge is -2.35. The summed E-state index contributed by atoms with van der Waals surface area (Å²) >= 11 is 1.77. The summed E-state index contributed by atoms with van der Waals surface area (Å²) in [4.78, 5) is 15.6. The van der Waals surface area contributed by atoms with Gasteiger partial charge >= 0.3 is 0 Å². The van der Waals surface area contributed by atoms with Crippen molar-refractivity contribution < 1.29 is 4.79 Å². The van der Waals surface area contributed by atoms with Gasteiger partial charge in [-0.2, -0.15) is 0 Å². The molecule has 1 aliphatic heterocycles. The Morgan fingerprint density at radius 2 is 2.09 bits per heavy atom. The Bertz CT molecular complexity index is 496. The van der Waals surface area contributed by atoms with Gasteiger partial charge in [-0.15, -0.1) is 24.2 Å². The zero-order valence-corrected chi connectivity index (χ0v) is 15.1. The van der Waals surface area contributed by atoms with E-state index in [9.17, 15) is 4.79 Å². The molecule has 0 spiro atoms. The van der Waals surface area contributed by atoms with E-state index in [4.69, 9.17) is 5.73 Å². The fraction of sp³-hybridized carbons (Fsp3) is 0.588. The first-order valence-electron chi connectivity index (χ1n) is 7.81. The fourth-order valence-corrected chi connectivity index (χ4v) is 3.71. The van der Waals surface area contributed by atoms with Crippen LogP contribution >= 0.6 is 24.2 Å². The molecule has 124 valence electrons. The molecule has 0 aliphatic carbocycles. The van der Waals surface area contributed by atoms with E-state index in [1.807, 2.05) is 4.90 Å². The number of halogens is 1. The summed E-state index contributed by atoms with van der Waals surface area (Å²) in [6, 6.07) is 6.75. The number of thioether (sulfide) groups is 1. The van der Waals surface area contributed by atoms with Crippen LogP contribution in [0.25, 0.3) is 0 Å². The highest BCUT2D eigenvalue weighted by Crippen LogP contribution is 2.23. The van der Waals surface area contributed by atoms with Crippen molar-refractivity contribution in [2.75, 3.05) is 18.8 Å². The van der Waals surface area contributed by atoms with Gasteiger partial charge in [0.2, 0.25) is 5.91 Å². The SMILES string of the molecule is Cc1ccc(SCCC(=O)N2CCCCC2CN)cc1C.Cl. The van der Waals surface area contributed by atoms with E-state index in [1.54, 1.807) is 11.8 Å². The van der Waals surface area contributed by atoms with Crippen LogP contribution in [0.3, 0.4) is 0 Å². The second kappa shape index (κ2) is 9.43. The molecule has 22 heavy (non-hydrogen) atoms. The van der Waals surface area contributed by atoms with Crippen molar-refractivity contribution in [2.45, 2.75) is 50.5 Å². The van der Waals surface area contributed by atoms with Gasteiger partial charge < -0.3 is 10.6 Å². The van der Waals surface area contributed by atoms with Crippen molar-refractivity contribution >= 4 is 30.1 Å². The third kappa shape index (κ3) is 5.18. The third-order valence-electron chi connectivity index (χ3n) is 4.28. The first kappa shape index (κ1) is 19.3. The summed E-state index contributed by atoms with van der Waals surface area (Å²) in [5, 5.41) is 0. The highest BCUT2D eigenvalue weighted by Gasteiger charge is 2.24. The van der Waals surface area contributed by atoms with Crippen LogP contribution in [0.1, 0.15) is 36.8 Å². The molecule has 0 aromatic heterocycles. The summed E-state index contributed by atoms with van der Waals surface area (Å²) < 4.78 is 0. The zero-order valence-electron chi connectivity index (χ0n) is 13.5. The maximum atomic E-state index is 12.3. The largest absolute Gasteiger partial charge is 0.338 e. The molecular formula is C17H27ClN2OS. The van der Waals surface area contributed by atoms with Crippen LogP contribution < -0.4 is 5.73 Å². The lowest BCUT2D eigenvalue weighted by Crippen LogP contribution is -2.47. The first-order chi connectivity index (χ1) is 10.1. The number of carbonyl (C=O) groups is 1. The Labute approximate surface area is 144 Å². The number of amides is 1. The minimum absolute atomic E-state index is 0. The molecule has 1 atom stereocenters. The van der Waals surface area contributed by atoms with Crippen molar-refractivity contribution in [3.63, 3.8) is 0 Å². The number of piperidine rings is 1. The number of hydrogen-bond acceptors (Lipinski definition) is 3. The molecule has 0 radical (unpaired) electrons. The van der Waals surface area contributed by atoms with Gasteiger partial charge in [0.05, 0.1) is 0 Å². The van der Waals surface area contributed by atoms with Crippen LogP contribution in [-0.4, -0.2) is 35.7 Å². The molecule has 0 saturated carbocycles. The Balaban J connectivity index is 0.00000242. The number of carbonyl (C=O) groups excluding carboxylic acids is 1. The zero-order chi connectivity index (χ0) is 15.2. The fourth-order valence-electron chi connectivity index (χ4n) is 2.78. The molecule has 0 bridgehead atoms. The van der Waals surface area contributed by atoms with Gasteiger partial charge in [-0.1, -0.05) is 6.07 Å². The maximum absolute atomic E-state index is 12.3. The number of aryl methyl sites for hydroxylation is 2. The van der Waals surface area contributed by atoms with Gasteiger partial charge in [0.25, 0.3) is 0 Å². The van der Waals surface area contributed by atoms with Crippen LogP contribution in [0.2, 0.25) is 0 Å². The Morgan fingerprint density at radius 1 is 1.32 bits per heavy atom. The standard InChI is InChI=1S/C17H26N2OS.ClH/c1-13-6-7-16(11-14(13)2)21-10-8-17(20)19-9-4-3-5-15(19)12-18;/h6-7,11,15H,3-5,8-10,12,18H2,1-2H3;1H. The van der Waals surface area contributed by atoms with Crippen molar-refractivity contribution in [3.8, 4) is 0 Å². The summed E-state index contributed by atoms with van der Waals surface area (Å²) in [5.74, 6) is 1.11. The summed E-state index contributed by atoms with van der Waals surface area (Å²) in [7, 11) is 0. The number of benzene rings is 1. The van der Waals surface area contributed by atoms with Gasteiger partial charge in [-0.25, -0.2) is 0 Å². The van der Waals surface area contributed by atoms with Crippen LogP contribution in [0.4, 0.5) is 0 Å². The minimum atomic E-state index is 0. The smallest absolute Gasteiger partial charge is 0.223 e. The molecule has 1 saturated heterocycles. The third-order valence-corrected chi connectivity index (χ3v) is 5.28. The second-order valence-electron chi connectivity index (χ2n) is 5.82. The van der Waals surface area contributed by atoms with E-state index >= 15 is 0 Å². The maximum Gasteiger partial charge on any atom is 0.223 e. The van der Waals surface area contributed by atoms with Crippen LogP contribution in [0, 0.1) is 13.8 Å². The van der Waals surface area contributed by atoms with Crippen LogP contribution in [-0.2, 0) is 4.79 Å². The molecule has 1 amide bonds. The Morgan fingerprint density at radius 3 is 2.77 bits per heavy atom. The molecule has 1 fully saturated rings.